The van der Waals surface area contributed by atoms with E-state index in [4.69, 9.17) is 4.52 Å². The maximum absolute atomic E-state index is 13.9. The van der Waals surface area contributed by atoms with Crippen LogP contribution in [0, 0.1) is 12.7 Å². The van der Waals surface area contributed by atoms with Gasteiger partial charge in [-0.3, -0.25) is 4.90 Å². The fraction of sp³-hybridized carbons (Fsp3) is 0.471. The molecule has 2 aromatic rings. The van der Waals surface area contributed by atoms with Crippen molar-refractivity contribution in [3.05, 3.63) is 52.7 Å². The topological polar surface area (TPSA) is 29.3 Å². The molecule has 1 aromatic heterocycles. The number of aryl methyl sites for hydroxylation is 2. The summed E-state index contributed by atoms with van der Waals surface area (Å²) in [6, 6.07) is 7.32. The number of likely N-dealkylation sites (tertiary alicyclic amines) is 1. The highest BCUT2D eigenvalue weighted by atomic mass is 19.1. The van der Waals surface area contributed by atoms with Crippen LogP contribution in [0.15, 0.2) is 28.8 Å². The quantitative estimate of drug-likeness (QED) is 0.851. The van der Waals surface area contributed by atoms with Gasteiger partial charge in [0.2, 0.25) is 0 Å². The van der Waals surface area contributed by atoms with Crippen LogP contribution < -0.4 is 0 Å². The normalized spacial score (nSPS) is 19.3. The minimum Gasteiger partial charge on any atom is -0.361 e. The molecule has 1 atom stereocenters. The maximum Gasteiger partial charge on any atom is 0.141 e. The van der Waals surface area contributed by atoms with E-state index in [-0.39, 0.29) is 5.82 Å². The van der Waals surface area contributed by atoms with E-state index in [0.717, 1.165) is 42.8 Å². The van der Waals surface area contributed by atoms with E-state index in [1.165, 1.54) is 11.6 Å². The van der Waals surface area contributed by atoms with Gasteiger partial charge in [0.05, 0.1) is 5.69 Å². The highest BCUT2D eigenvalue weighted by Crippen LogP contribution is 2.37. The summed E-state index contributed by atoms with van der Waals surface area (Å²) < 4.78 is 19.3. The lowest BCUT2D eigenvalue weighted by Gasteiger charge is -2.25. The van der Waals surface area contributed by atoms with Crippen molar-refractivity contribution in [3.63, 3.8) is 0 Å². The highest BCUT2D eigenvalue weighted by molar-refractivity contribution is 5.28. The largest absolute Gasteiger partial charge is 0.361 e. The van der Waals surface area contributed by atoms with Gasteiger partial charge in [0.25, 0.3) is 0 Å². The Bertz CT molecular complexity index is 623. The Labute approximate surface area is 124 Å². The molecule has 0 amide bonds. The third kappa shape index (κ3) is 2.72. The number of halogens is 1. The van der Waals surface area contributed by atoms with Gasteiger partial charge >= 0.3 is 0 Å². The molecule has 0 unspecified atom stereocenters. The second-order valence-electron chi connectivity index (χ2n) is 5.68. The molecule has 0 N–H and O–H groups in total. The SMILES string of the molecule is CCc1onc(C)c1[C@H]1CCCN1Cc1ccccc1F. The highest BCUT2D eigenvalue weighted by Gasteiger charge is 2.31. The zero-order valence-electron chi connectivity index (χ0n) is 12.6. The summed E-state index contributed by atoms with van der Waals surface area (Å²) in [5, 5.41) is 4.12. The predicted molar refractivity (Wildman–Crippen MR) is 79.4 cm³/mol. The van der Waals surface area contributed by atoms with Crippen molar-refractivity contribution in [2.75, 3.05) is 6.54 Å². The zero-order chi connectivity index (χ0) is 14.8. The second kappa shape index (κ2) is 5.98. The molecule has 3 rings (SSSR count). The maximum atomic E-state index is 13.9. The number of hydrogen-bond acceptors (Lipinski definition) is 3. The van der Waals surface area contributed by atoms with Crippen molar-refractivity contribution >= 4 is 0 Å². The fourth-order valence-corrected chi connectivity index (χ4v) is 3.29. The van der Waals surface area contributed by atoms with Crippen LogP contribution in [0.4, 0.5) is 4.39 Å². The summed E-state index contributed by atoms with van der Waals surface area (Å²) in [6.07, 6.45) is 3.07. The van der Waals surface area contributed by atoms with Crippen molar-refractivity contribution in [1.29, 1.82) is 0 Å². The molecule has 0 spiro atoms. The number of aromatic nitrogens is 1. The summed E-state index contributed by atoms with van der Waals surface area (Å²) in [5.41, 5.74) is 2.94. The van der Waals surface area contributed by atoms with Crippen molar-refractivity contribution in [2.24, 2.45) is 0 Å². The van der Waals surface area contributed by atoms with Crippen LogP contribution in [-0.4, -0.2) is 16.6 Å². The van der Waals surface area contributed by atoms with E-state index in [0.29, 0.717) is 12.6 Å². The Hall–Kier alpha value is -1.68. The Kier molecular flexibility index (Phi) is 4.06. The monoisotopic (exact) mass is 288 g/mol. The fourth-order valence-electron chi connectivity index (χ4n) is 3.29. The van der Waals surface area contributed by atoms with Crippen molar-refractivity contribution in [2.45, 2.75) is 45.7 Å². The first-order valence-corrected chi connectivity index (χ1v) is 7.63. The van der Waals surface area contributed by atoms with Crippen molar-refractivity contribution in [1.82, 2.24) is 10.1 Å². The number of nitrogens with zero attached hydrogens (tertiary/aromatic N) is 2. The summed E-state index contributed by atoms with van der Waals surface area (Å²) in [6.45, 7) is 5.72. The Morgan fingerprint density at radius 3 is 2.95 bits per heavy atom. The third-order valence-electron chi connectivity index (χ3n) is 4.33. The van der Waals surface area contributed by atoms with Gasteiger partial charge in [-0.25, -0.2) is 4.39 Å². The number of benzene rings is 1. The molecular formula is C17H21FN2O. The molecule has 1 aliphatic heterocycles. The van der Waals surface area contributed by atoms with Crippen LogP contribution >= 0.6 is 0 Å². The minimum absolute atomic E-state index is 0.124. The van der Waals surface area contributed by atoms with Crippen molar-refractivity contribution in [3.8, 4) is 0 Å². The molecule has 21 heavy (non-hydrogen) atoms. The van der Waals surface area contributed by atoms with Gasteiger partial charge in [0.15, 0.2) is 0 Å². The first-order chi connectivity index (χ1) is 10.2. The summed E-state index contributed by atoms with van der Waals surface area (Å²) in [4.78, 5) is 2.34. The molecule has 1 saturated heterocycles. The summed E-state index contributed by atoms with van der Waals surface area (Å²) >= 11 is 0. The average molecular weight is 288 g/mol. The lowest BCUT2D eigenvalue weighted by molar-refractivity contribution is 0.241. The smallest absolute Gasteiger partial charge is 0.141 e. The molecule has 1 aromatic carbocycles. The standard InChI is InChI=1S/C17H21FN2O/c1-3-16-17(12(2)19-21-16)15-9-6-10-20(15)11-13-7-4-5-8-14(13)18/h4-5,7-8,15H,3,6,9-11H2,1-2H3/t15-/m1/s1. The van der Waals surface area contributed by atoms with Gasteiger partial charge in [0, 0.05) is 30.1 Å². The Morgan fingerprint density at radius 2 is 2.19 bits per heavy atom. The molecule has 0 saturated carbocycles. The molecule has 2 heterocycles. The van der Waals surface area contributed by atoms with Crippen molar-refractivity contribution < 1.29 is 8.91 Å². The molecule has 3 nitrogen and oxygen atoms in total. The molecule has 112 valence electrons. The van der Waals surface area contributed by atoms with E-state index < -0.39 is 0 Å². The van der Waals surface area contributed by atoms with E-state index in [9.17, 15) is 4.39 Å². The first kappa shape index (κ1) is 14.3. The van der Waals surface area contributed by atoms with Crippen LogP contribution in [0.1, 0.15) is 48.4 Å². The molecule has 4 heteroatoms. The summed E-state index contributed by atoms with van der Waals surface area (Å²) in [5.74, 6) is 0.846. The molecule has 0 aliphatic carbocycles. The first-order valence-electron chi connectivity index (χ1n) is 7.63. The molecule has 0 radical (unpaired) electrons. The van der Waals surface area contributed by atoms with E-state index in [1.807, 2.05) is 19.1 Å². The van der Waals surface area contributed by atoms with Crippen LogP contribution in [0.2, 0.25) is 0 Å². The van der Waals surface area contributed by atoms with Gasteiger partial charge in [-0.1, -0.05) is 30.3 Å². The molecule has 1 aliphatic rings. The summed E-state index contributed by atoms with van der Waals surface area (Å²) in [7, 11) is 0. The van der Waals surface area contributed by atoms with E-state index >= 15 is 0 Å². The predicted octanol–water partition coefficient (Wildman–Crippen LogP) is 4.02. The van der Waals surface area contributed by atoms with Gasteiger partial charge in [0.1, 0.15) is 11.6 Å². The van der Waals surface area contributed by atoms with Gasteiger partial charge < -0.3 is 4.52 Å². The van der Waals surface area contributed by atoms with Gasteiger partial charge in [-0.15, -0.1) is 0 Å². The lowest BCUT2D eigenvalue weighted by atomic mass is 10.0. The van der Waals surface area contributed by atoms with Gasteiger partial charge in [-0.2, -0.15) is 0 Å². The number of hydrogen-bond donors (Lipinski definition) is 0. The average Bonchev–Trinajstić information content (AvgIpc) is 3.07. The Balaban J connectivity index is 1.86. The van der Waals surface area contributed by atoms with Crippen LogP contribution in [0.3, 0.4) is 0 Å². The van der Waals surface area contributed by atoms with E-state index in [1.54, 1.807) is 6.07 Å². The van der Waals surface area contributed by atoms with Gasteiger partial charge in [-0.05, 0) is 32.4 Å². The molecule has 0 bridgehead atoms. The minimum atomic E-state index is -0.124. The molecule has 1 fully saturated rings. The Morgan fingerprint density at radius 1 is 1.38 bits per heavy atom. The zero-order valence-corrected chi connectivity index (χ0v) is 12.6. The third-order valence-corrected chi connectivity index (χ3v) is 4.33. The van der Waals surface area contributed by atoms with Crippen LogP contribution in [0.25, 0.3) is 0 Å². The molecular weight excluding hydrogens is 267 g/mol. The lowest BCUT2D eigenvalue weighted by Crippen LogP contribution is -2.24. The second-order valence-corrected chi connectivity index (χ2v) is 5.68. The van der Waals surface area contributed by atoms with Crippen LogP contribution in [-0.2, 0) is 13.0 Å². The van der Waals surface area contributed by atoms with E-state index in [2.05, 4.69) is 17.0 Å². The number of rotatable bonds is 4. The van der Waals surface area contributed by atoms with Crippen LogP contribution in [0.5, 0.6) is 0 Å².